The van der Waals surface area contributed by atoms with Gasteiger partial charge in [-0.05, 0) is 23.8 Å². The third-order valence-corrected chi connectivity index (χ3v) is 4.96. The summed E-state index contributed by atoms with van der Waals surface area (Å²) in [5.74, 6) is 0.734. The van der Waals surface area contributed by atoms with E-state index in [1.54, 1.807) is 11.1 Å². The lowest BCUT2D eigenvalue weighted by molar-refractivity contribution is 0.142. The lowest BCUT2D eigenvalue weighted by atomic mass is 10.1. The van der Waals surface area contributed by atoms with Crippen molar-refractivity contribution in [2.24, 2.45) is 5.10 Å². The molecule has 134 valence electrons. The second-order valence-corrected chi connectivity index (χ2v) is 6.96. The summed E-state index contributed by atoms with van der Waals surface area (Å²) in [7, 11) is 0. The molecule has 2 amide bonds. The summed E-state index contributed by atoms with van der Waals surface area (Å²) in [4.78, 5) is 14.8. The summed E-state index contributed by atoms with van der Waals surface area (Å²) in [6.45, 7) is 1.22. The number of ether oxygens (including phenoxy) is 1. The molecule has 0 saturated carbocycles. The number of carbonyl (C=O) groups is 1. The highest BCUT2D eigenvalue weighted by Crippen LogP contribution is 2.30. The van der Waals surface area contributed by atoms with E-state index in [0.717, 1.165) is 24.2 Å². The van der Waals surface area contributed by atoms with Gasteiger partial charge in [-0.15, -0.1) is 0 Å². The number of halogens is 1. The minimum absolute atomic E-state index is 0.0285. The number of likely N-dealkylation sites (tertiary alicyclic amines) is 1. The highest BCUT2D eigenvalue weighted by atomic mass is 35.5. The molecule has 2 aromatic carbocycles. The van der Waals surface area contributed by atoms with Gasteiger partial charge in [0.1, 0.15) is 11.9 Å². The molecule has 2 atom stereocenters. The molecule has 0 spiro atoms. The van der Waals surface area contributed by atoms with Gasteiger partial charge in [0, 0.05) is 30.6 Å². The van der Waals surface area contributed by atoms with Gasteiger partial charge in [-0.2, -0.15) is 5.10 Å². The van der Waals surface area contributed by atoms with Gasteiger partial charge in [-0.3, -0.25) is 0 Å². The van der Waals surface area contributed by atoms with Crippen LogP contribution in [0.4, 0.5) is 4.79 Å². The summed E-state index contributed by atoms with van der Waals surface area (Å²) in [6, 6.07) is 17.3. The predicted octanol–water partition coefficient (Wildman–Crippen LogP) is 4.35. The fourth-order valence-corrected chi connectivity index (χ4v) is 3.61. The molecule has 0 aromatic heterocycles. The van der Waals surface area contributed by atoms with Crippen LogP contribution in [0, 0.1) is 0 Å². The first-order valence-electron chi connectivity index (χ1n) is 8.78. The average molecular weight is 370 g/mol. The fourth-order valence-electron chi connectivity index (χ4n) is 3.43. The highest BCUT2D eigenvalue weighted by molar-refractivity contribution is 6.30. The van der Waals surface area contributed by atoms with Gasteiger partial charge < -0.3 is 9.64 Å². The predicted molar refractivity (Wildman–Crippen MR) is 102 cm³/mol. The van der Waals surface area contributed by atoms with Crippen LogP contribution in [0.2, 0.25) is 5.02 Å². The Morgan fingerprint density at radius 3 is 2.81 bits per heavy atom. The molecule has 6 heteroatoms. The summed E-state index contributed by atoms with van der Waals surface area (Å²) in [5.41, 5.74) is 1.10. The average Bonchev–Trinajstić information content (AvgIpc) is 3.31. The first-order chi connectivity index (χ1) is 12.7. The molecule has 0 radical (unpaired) electrons. The van der Waals surface area contributed by atoms with E-state index < -0.39 is 0 Å². The van der Waals surface area contributed by atoms with Crippen molar-refractivity contribution in [3.05, 3.63) is 65.2 Å². The number of amides is 2. The van der Waals surface area contributed by atoms with Crippen LogP contribution in [0.15, 0.2) is 59.7 Å². The fraction of sp³-hybridized carbons (Fsp3) is 0.300. The van der Waals surface area contributed by atoms with Crippen molar-refractivity contribution in [1.29, 1.82) is 0 Å². The van der Waals surface area contributed by atoms with E-state index in [-0.39, 0.29) is 18.2 Å². The number of hydrazone groups is 1. The van der Waals surface area contributed by atoms with Crippen LogP contribution in [0.5, 0.6) is 5.75 Å². The third kappa shape index (κ3) is 3.53. The molecule has 2 aromatic rings. The molecule has 1 fully saturated rings. The van der Waals surface area contributed by atoms with E-state index in [1.165, 1.54) is 0 Å². The Bertz CT molecular complexity index is 812. The SMILES string of the molecule is O=C(N1CCC(Oc2cccc(Cl)c2)C1)N1N=CCC1c1ccccc1. The number of hydrogen-bond acceptors (Lipinski definition) is 3. The Labute approximate surface area is 157 Å². The maximum atomic E-state index is 12.9. The quantitative estimate of drug-likeness (QED) is 0.807. The molecule has 0 aliphatic carbocycles. The first kappa shape index (κ1) is 16.9. The van der Waals surface area contributed by atoms with Crippen molar-refractivity contribution in [2.75, 3.05) is 13.1 Å². The van der Waals surface area contributed by atoms with E-state index in [1.807, 2.05) is 59.6 Å². The monoisotopic (exact) mass is 369 g/mol. The van der Waals surface area contributed by atoms with E-state index in [4.69, 9.17) is 16.3 Å². The van der Waals surface area contributed by atoms with E-state index >= 15 is 0 Å². The van der Waals surface area contributed by atoms with Crippen molar-refractivity contribution in [1.82, 2.24) is 9.91 Å². The number of rotatable bonds is 3. The molecule has 2 aliphatic rings. The van der Waals surface area contributed by atoms with Gasteiger partial charge in [0.15, 0.2) is 0 Å². The van der Waals surface area contributed by atoms with Crippen molar-refractivity contribution < 1.29 is 9.53 Å². The molecule has 0 N–H and O–H groups in total. The largest absolute Gasteiger partial charge is 0.488 e. The molecule has 26 heavy (non-hydrogen) atoms. The van der Waals surface area contributed by atoms with E-state index in [9.17, 15) is 4.79 Å². The van der Waals surface area contributed by atoms with Gasteiger partial charge in [-0.1, -0.05) is 48.0 Å². The Balaban J connectivity index is 1.40. The van der Waals surface area contributed by atoms with Gasteiger partial charge in [-0.25, -0.2) is 9.80 Å². The number of hydrogen-bond donors (Lipinski definition) is 0. The number of benzene rings is 2. The van der Waals surface area contributed by atoms with Crippen LogP contribution in [0.1, 0.15) is 24.4 Å². The molecule has 0 bridgehead atoms. The van der Waals surface area contributed by atoms with E-state index in [2.05, 4.69) is 5.10 Å². The Hall–Kier alpha value is -2.53. The Morgan fingerprint density at radius 1 is 1.15 bits per heavy atom. The summed E-state index contributed by atoms with van der Waals surface area (Å²) in [5, 5.41) is 6.56. The van der Waals surface area contributed by atoms with Crippen LogP contribution in [0.25, 0.3) is 0 Å². The standard InChI is InChI=1S/C20H20ClN3O2/c21-16-7-4-8-17(13-16)26-18-10-12-23(14-18)20(25)24-19(9-11-22-24)15-5-2-1-3-6-15/h1-8,11,13,18-19H,9-10,12,14H2. The summed E-state index contributed by atoms with van der Waals surface area (Å²) in [6.07, 6.45) is 3.32. The van der Waals surface area contributed by atoms with Gasteiger partial charge in [0.2, 0.25) is 0 Å². The molecule has 5 nitrogen and oxygen atoms in total. The van der Waals surface area contributed by atoms with Crippen molar-refractivity contribution in [3.63, 3.8) is 0 Å². The van der Waals surface area contributed by atoms with Crippen molar-refractivity contribution >= 4 is 23.8 Å². The molecule has 4 rings (SSSR count). The second kappa shape index (κ2) is 7.38. The van der Waals surface area contributed by atoms with Gasteiger partial charge >= 0.3 is 6.03 Å². The zero-order valence-corrected chi connectivity index (χ0v) is 15.0. The lowest BCUT2D eigenvalue weighted by Gasteiger charge is -2.27. The normalized spacial score (nSPS) is 22.0. The number of nitrogens with zero attached hydrogens (tertiary/aromatic N) is 3. The van der Waals surface area contributed by atoms with Gasteiger partial charge in [0.25, 0.3) is 0 Å². The summed E-state index contributed by atoms with van der Waals surface area (Å²) >= 11 is 6.00. The number of carbonyl (C=O) groups excluding carboxylic acids is 1. The third-order valence-electron chi connectivity index (χ3n) is 4.72. The molecule has 2 heterocycles. The van der Waals surface area contributed by atoms with E-state index in [0.29, 0.717) is 18.1 Å². The lowest BCUT2D eigenvalue weighted by Crippen LogP contribution is -2.40. The second-order valence-electron chi connectivity index (χ2n) is 6.52. The minimum atomic E-state index is -0.0650. The van der Waals surface area contributed by atoms with Crippen LogP contribution in [-0.2, 0) is 0 Å². The zero-order valence-electron chi connectivity index (χ0n) is 14.3. The Morgan fingerprint density at radius 2 is 2.00 bits per heavy atom. The first-order valence-corrected chi connectivity index (χ1v) is 9.16. The smallest absolute Gasteiger partial charge is 0.341 e. The summed E-state index contributed by atoms with van der Waals surface area (Å²) < 4.78 is 5.98. The van der Waals surface area contributed by atoms with Gasteiger partial charge in [0.05, 0.1) is 12.6 Å². The maximum Gasteiger partial charge on any atom is 0.341 e. The molecule has 2 unspecified atom stereocenters. The maximum absolute atomic E-state index is 12.9. The molecular weight excluding hydrogens is 350 g/mol. The highest BCUT2D eigenvalue weighted by Gasteiger charge is 2.35. The zero-order chi connectivity index (χ0) is 17.9. The molecule has 2 aliphatic heterocycles. The van der Waals surface area contributed by atoms with Crippen LogP contribution in [0.3, 0.4) is 0 Å². The van der Waals surface area contributed by atoms with Crippen LogP contribution >= 0.6 is 11.6 Å². The molecular formula is C20H20ClN3O2. The Kier molecular flexibility index (Phi) is 4.80. The van der Waals surface area contributed by atoms with Crippen LogP contribution < -0.4 is 4.74 Å². The minimum Gasteiger partial charge on any atom is -0.488 e. The van der Waals surface area contributed by atoms with Crippen molar-refractivity contribution in [2.45, 2.75) is 25.0 Å². The topological polar surface area (TPSA) is 45.1 Å². The van der Waals surface area contributed by atoms with Crippen molar-refractivity contribution in [3.8, 4) is 5.75 Å². The van der Waals surface area contributed by atoms with Crippen LogP contribution in [-0.4, -0.2) is 41.3 Å². The number of urea groups is 1. The molecule has 1 saturated heterocycles.